The van der Waals surface area contributed by atoms with Gasteiger partial charge in [-0.05, 0) is 31.8 Å². The maximum atomic E-state index is 14.0. The molecule has 0 aromatic rings. The van der Waals surface area contributed by atoms with Crippen molar-refractivity contribution < 1.29 is 33.7 Å². The van der Waals surface area contributed by atoms with Gasteiger partial charge < -0.3 is 15.3 Å². The highest BCUT2D eigenvalue weighted by Crippen LogP contribution is 2.35. The average Bonchev–Trinajstić information content (AvgIpc) is 2.86. The van der Waals surface area contributed by atoms with Crippen LogP contribution in [0.25, 0.3) is 0 Å². The lowest BCUT2D eigenvalue weighted by Gasteiger charge is -2.21. The number of Topliss-reactive ketones (excluding diaryl/α,β-unsaturated/α-hetero) is 1. The van der Waals surface area contributed by atoms with Gasteiger partial charge in [0.15, 0.2) is 0 Å². The van der Waals surface area contributed by atoms with E-state index in [1.54, 1.807) is 12.2 Å². The molecule has 154 valence electrons. The number of carboxylic acid groups (broad SMARTS) is 1. The summed E-state index contributed by atoms with van der Waals surface area (Å²) >= 11 is 0. The maximum absolute atomic E-state index is 14.0. The van der Waals surface area contributed by atoms with Gasteiger partial charge in [0.05, 0.1) is 6.10 Å². The number of unbranched alkanes of at least 4 members (excludes halogenated alkanes) is 2. The van der Waals surface area contributed by atoms with E-state index < -0.39 is 35.9 Å². The number of aliphatic hydroxyl groups excluding tert-OH is 2. The van der Waals surface area contributed by atoms with E-state index >= 15 is 0 Å². The highest BCUT2D eigenvalue weighted by molar-refractivity contribution is 5.86. The number of aliphatic hydroxyl groups is 2. The van der Waals surface area contributed by atoms with Crippen LogP contribution in [-0.2, 0) is 9.59 Å². The zero-order valence-corrected chi connectivity index (χ0v) is 15.7. The predicted octanol–water partition coefficient (Wildman–Crippen LogP) is 3.50. The number of rotatable bonds is 12. The predicted molar refractivity (Wildman–Crippen MR) is 97.5 cm³/mol. The molecule has 1 aliphatic rings. The summed E-state index contributed by atoms with van der Waals surface area (Å²) in [5, 5.41) is 28.3. The molecule has 1 rings (SSSR count). The summed E-state index contributed by atoms with van der Waals surface area (Å²) in [5.41, 5.74) is 0. The van der Waals surface area contributed by atoms with Crippen molar-refractivity contribution in [3.05, 3.63) is 24.3 Å². The largest absolute Gasteiger partial charge is 0.481 e. The first-order valence-electron chi connectivity index (χ1n) is 9.51. The fraction of sp³-hybridized carbons (Fsp3) is 0.700. The molecule has 27 heavy (non-hydrogen) atoms. The summed E-state index contributed by atoms with van der Waals surface area (Å²) in [6.45, 7) is 1.85. The van der Waals surface area contributed by atoms with Gasteiger partial charge in [0.25, 0.3) is 5.92 Å². The molecule has 0 radical (unpaired) electrons. The van der Waals surface area contributed by atoms with Crippen LogP contribution >= 0.6 is 0 Å². The molecule has 1 aliphatic carbocycles. The van der Waals surface area contributed by atoms with Crippen molar-refractivity contribution in [2.45, 2.75) is 76.4 Å². The molecule has 7 heteroatoms. The third kappa shape index (κ3) is 7.89. The maximum Gasteiger partial charge on any atom is 0.303 e. The first kappa shape index (κ1) is 23.4. The lowest BCUT2D eigenvalue weighted by atomic mass is 9.89. The molecule has 0 aromatic carbocycles. The Labute approximate surface area is 158 Å². The number of carbonyl (C=O) groups is 2. The van der Waals surface area contributed by atoms with Crippen molar-refractivity contribution in [2.24, 2.45) is 11.8 Å². The number of aliphatic carboxylic acids is 1. The Morgan fingerprint density at radius 3 is 2.67 bits per heavy atom. The van der Waals surface area contributed by atoms with E-state index in [2.05, 4.69) is 0 Å². The second kappa shape index (κ2) is 11.3. The van der Waals surface area contributed by atoms with E-state index in [0.717, 1.165) is 6.08 Å². The molecule has 1 fully saturated rings. The van der Waals surface area contributed by atoms with Crippen LogP contribution < -0.4 is 0 Å². The van der Waals surface area contributed by atoms with E-state index in [9.17, 15) is 28.6 Å². The van der Waals surface area contributed by atoms with Crippen LogP contribution in [0, 0.1) is 11.8 Å². The van der Waals surface area contributed by atoms with Gasteiger partial charge in [-0.1, -0.05) is 38.0 Å². The van der Waals surface area contributed by atoms with E-state index in [1.807, 2.05) is 6.92 Å². The molecule has 0 heterocycles. The lowest BCUT2D eigenvalue weighted by Crippen LogP contribution is -2.31. The van der Waals surface area contributed by atoms with Gasteiger partial charge in [-0.3, -0.25) is 9.59 Å². The van der Waals surface area contributed by atoms with Crippen molar-refractivity contribution in [3.63, 3.8) is 0 Å². The summed E-state index contributed by atoms with van der Waals surface area (Å²) in [5.74, 6) is -5.88. The van der Waals surface area contributed by atoms with Crippen LogP contribution in [0.2, 0.25) is 0 Å². The lowest BCUT2D eigenvalue weighted by molar-refractivity contribution is -0.137. The molecular formula is C20H30F2O5. The third-order valence-electron chi connectivity index (χ3n) is 4.88. The number of carboxylic acids is 1. The first-order valence-corrected chi connectivity index (χ1v) is 9.51. The summed E-state index contributed by atoms with van der Waals surface area (Å²) in [6.07, 6.45) is 5.13. The van der Waals surface area contributed by atoms with Gasteiger partial charge in [0.1, 0.15) is 11.9 Å². The highest BCUT2D eigenvalue weighted by Gasteiger charge is 2.41. The number of alkyl halides is 2. The van der Waals surface area contributed by atoms with Crippen LogP contribution in [0.5, 0.6) is 0 Å². The monoisotopic (exact) mass is 388 g/mol. The Kier molecular flexibility index (Phi) is 9.80. The van der Waals surface area contributed by atoms with Gasteiger partial charge >= 0.3 is 5.97 Å². The zero-order valence-electron chi connectivity index (χ0n) is 15.7. The van der Waals surface area contributed by atoms with Gasteiger partial charge in [-0.25, -0.2) is 0 Å². The molecule has 3 N–H and O–H groups in total. The van der Waals surface area contributed by atoms with E-state index in [-0.39, 0.29) is 25.0 Å². The number of hydrogen-bond donors (Lipinski definition) is 3. The van der Waals surface area contributed by atoms with Crippen LogP contribution in [0.1, 0.15) is 58.3 Å². The standard InChI is InChI=1S/C20H30F2O5/c1-2-3-9-18(25)20(21,22)12-11-15-14(16(23)13-17(15)24)8-6-4-5-7-10-19(26)27/h4,6,11-12,14-16,18,23,25H,2-3,5,7-10,13H2,1H3,(H,26,27)/b6-4-,12-11+/t14-,15-,16+,18?/m1/s1. The van der Waals surface area contributed by atoms with E-state index in [1.165, 1.54) is 0 Å². The first-order chi connectivity index (χ1) is 12.7. The van der Waals surface area contributed by atoms with Crippen LogP contribution in [0.4, 0.5) is 8.78 Å². The number of ketones is 1. The Morgan fingerprint density at radius 1 is 1.33 bits per heavy atom. The molecule has 0 saturated heterocycles. The van der Waals surface area contributed by atoms with Crippen LogP contribution in [0.15, 0.2) is 24.3 Å². The minimum absolute atomic E-state index is 0.0163. The SMILES string of the molecule is CCCCC(O)C(F)(F)/C=C/[C@H]1C(=O)C[C@H](O)[C@@H]1C/C=C\CCCC(=O)O. The van der Waals surface area contributed by atoms with Crippen LogP contribution in [-0.4, -0.2) is 45.2 Å². The second-order valence-corrected chi connectivity index (χ2v) is 7.11. The van der Waals surface area contributed by atoms with Gasteiger partial charge in [-0.15, -0.1) is 0 Å². The summed E-state index contributed by atoms with van der Waals surface area (Å²) in [7, 11) is 0. The molecule has 0 aliphatic heterocycles. The number of hydrogen-bond acceptors (Lipinski definition) is 4. The Morgan fingerprint density at radius 2 is 2.04 bits per heavy atom. The van der Waals surface area contributed by atoms with Crippen molar-refractivity contribution in [3.8, 4) is 0 Å². The minimum Gasteiger partial charge on any atom is -0.481 e. The Balaban J connectivity index is 2.66. The second-order valence-electron chi connectivity index (χ2n) is 7.11. The van der Waals surface area contributed by atoms with Gasteiger partial charge in [-0.2, -0.15) is 8.78 Å². The van der Waals surface area contributed by atoms with E-state index in [4.69, 9.17) is 5.11 Å². The van der Waals surface area contributed by atoms with E-state index in [0.29, 0.717) is 38.2 Å². The fourth-order valence-electron chi connectivity index (χ4n) is 3.20. The average molecular weight is 388 g/mol. The van der Waals surface area contributed by atoms with Gasteiger partial charge in [0, 0.05) is 24.7 Å². The molecule has 0 bridgehead atoms. The zero-order chi connectivity index (χ0) is 20.4. The number of carbonyl (C=O) groups excluding carboxylic acids is 1. The molecule has 5 nitrogen and oxygen atoms in total. The summed E-state index contributed by atoms with van der Waals surface area (Å²) in [6, 6.07) is 0. The third-order valence-corrected chi connectivity index (χ3v) is 4.88. The van der Waals surface area contributed by atoms with Crippen molar-refractivity contribution in [1.82, 2.24) is 0 Å². The van der Waals surface area contributed by atoms with Gasteiger partial charge in [0.2, 0.25) is 0 Å². The highest BCUT2D eigenvalue weighted by atomic mass is 19.3. The molecule has 1 saturated carbocycles. The molecule has 4 atom stereocenters. The van der Waals surface area contributed by atoms with Crippen molar-refractivity contribution in [1.29, 1.82) is 0 Å². The Bertz CT molecular complexity index is 544. The minimum atomic E-state index is -3.42. The molecule has 0 amide bonds. The molecule has 1 unspecified atom stereocenters. The summed E-state index contributed by atoms with van der Waals surface area (Å²) < 4.78 is 28.1. The number of halogens is 2. The quantitative estimate of drug-likeness (QED) is 0.351. The van der Waals surface area contributed by atoms with Crippen LogP contribution in [0.3, 0.4) is 0 Å². The molecule has 0 aromatic heterocycles. The molecule has 0 spiro atoms. The summed E-state index contributed by atoms with van der Waals surface area (Å²) in [4.78, 5) is 22.5. The normalized spacial score (nSPS) is 24.9. The topological polar surface area (TPSA) is 94.8 Å². The number of allylic oxidation sites excluding steroid dienone is 3. The Hall–Kier alpha value is -1.60. The smallest absolute Gasteiger partial charge is 0.303 e. The molecular weight excluding hydrogens is 358 g/mol. The van der Waals surface area contributed by atoms with Crippen molar-refractivity contribution in [2.75, 3.05) is 0 Å². The fourth-order valence-corrected chi connectivity index (χ4v) is 3.20. The van der Waals surface area contributed by atoms with Crippen molar-refractivity contribution >= 4 is 11.8 Å².